The predicted octanol–water partition coefficient (Wildman–Crippen LogP) is 19.2. The first-order chi connectivity index (χ1) is 35.7. The van der Waals surface area contributed by atoms with Crippen LogP contribution in [0.25, 0.3) is 0 Å². The van der Waals surface area contributed by atoms with Crippen LogP contribution in [0, 0.1) is 0 Å². The minimum Gasteiger partial charge on any atom is -0.457 e. The topological polar surface area (TPSA) is 31.4 Å². The van der Waals surface area contributed by atoms with Crippen molar-refractivity contribution in [2.24, 2.45) is 0 Å². The van der Waals surface area contributed by atoms with Gasteiger partial charge in [-0.2, -0.15) is 0 Å². The van der Waals surface area contributed by atoms with Gasteiger partial charge < -0.3 is 29.1 Å². The van der Waals surface area contributed by atoms with Crippen LogP contribution in [-0.2, 0) is 0 Å². The third kappa shape index (κ3) is 10.2. The quantitative estimate of drug-likeness (QED) is 0.0960. The van der Waals surface area contributed by atoms with Gasteiger partial charge in [-0.1, -0.05) is 146 Å². The first-order valence-electron chi connectivity index (χ1n) is 24.1. The molecule has 0 aliphatic rings. The van der Waals surface area contributed by atoms with E-state index in [0.717, 1.165) is 68.2 Å². The van der Waals surface area contributed by atoms with Gasteiger partial charge in [-0.05, 0) is 133 Å². The predicted molar refractivity (Wildman–Crippen MR) is 298 cm³/mol. The molecule has 0 aromatic heterocycles. The molecule has 0 saturated heterocycles. The monoisotopic (exact) mass is 930 g/mol. The van der Waals surface area contributed by atoms with Crippen LogP contribution in [0.1, 0.15) is 0 Å². The second-order valence-electron chi connectivity index (χ2n) is 17.1. The summed E-state index contributed by atoms with van der Waals surface area (Å²) in [6.45, 7) is 0. The van der Waals surface area contributed by atoms with Crippen molar-refractivity contribution in [1.29, 1.82) is 0 Å². The molecular weight excluding hydrogens is 881 g/mol. The largest absolute Gasteiger partial charge is 0.457 e. The van der Waals surface area contributed by atoms with Crippen molar-refractivity contribution < 1.29 is 9.47 Å². The first kappa shape index (κ1) is 44.7. The number of hydrogen-bond donors (Lipinski definition) is 0. The fourth-order valence-electron chi connectivity index (χ4n) is 9.02. The molecule has 11 aromatic rings. The van der Waals surface area contributed by atoms with Crippen molar-refractivity contribution in [3.63, 3.8) is 0 Å². The SMILES string of the molecule is c1ccc(N(c2ccccc2)c2cc(Oc3ccc(Oc4cc(N(c5ccccc5)c5ccccc5)cc(N(c5ccccc5)c5ccccc5)c4)cc3)cc(N(c3ccccc3)c3ccccc3)c2)cc1. The molecule has 6 heteroatoms. The second-order valence-corrected chi connectivity index (χ2v) is 17.1. The van der Waals surface area contributed by atoms with E-state index in [-0.39, 0.29) is 0 Å². The van der Waals surface area contributed by atoms with Gasteiger partial charge in [-0.15, -0.1) is 0 Å². The summed E-state index contributed by atoms with van der Waals surface area (Å²) in [4.78, 5) is 9.04. The summed E-state index contributed by atoms with van der Waals surface area (Å²) in [5.74, 6) is 2.67. The molecule has 0 saturated carbocycles. The number of nitrogens with zero attached hydrogens (tertiary/aromatic N) is 4. The zero-order chi connectivity index (χ0) is 48.3. The summed E-state index contributed by atoms with van der Waals surface area (Å²) in [5, 5.41) is 0. The fourth-order valence-corrected chi connectivity index (χ4v) is 9.02. The van der Waals surface area contributed by atoms with Crippen LogP contribution in [0.3, 0.4) is 0 Å². The Bertz CT molecular complexity index is 2850. The van der Waals surface area contributed by atoms with Gasteiger partial charge in [0.25, 0.3) is 0 Å². The van der Waals surface area contributed by atoms with Gasteiger partial charge in [0.1, 0.15) is 23.0 Å². The smallest absolute Gasteiger partial charge is 0.131 e. The van der Waals surface area contributed by atoms with Crippen LogP contribution >= 0.6 is 0 Å². The van der Waals surface area contributed by atoms with Crippen LogP contribution in [0.15, 0.2) is 303 Å². The lowest BCUT2D eigenvalue weighted by Crippen LogP contribution is -2.13. The summed E-state index contributed by atoms with van der Waals surface area (Å²) >= 11 is 0. The van der Waals surface area contributed by atoms with E-state index in [0.29, 0.717) is 23.0 Å². The Morgan fingerprint density at radius 2 is 0.319 bits per heavy atom. The number of ether oxygens (including phenoxy) is 2. The molecule has 72 heavy (non-hydrogen) atoms. The Labute approximate surface area is 421 Å². The van der Waals surface area contributed by atoms with Gasteiger partial charge in [0.15, 0.2) is 0 Å². The van der Waals surface area contributed by atoms with E-state index in [1.807, 2.05) is 72.8 Å². The van der Waals surface area contributed by atoms with Crippen LogP contribution in [0.2, 0.25) is 0 Å². The van der Waals surface area contributed by atoms with Crippen molar-refractivity contribution in [3.8, 4) is 23.0 Å². The number of anilines is 12. The van der Waals surface area contributed by atoms with Gasteiger partial charge in [-0.3, -0.25) is 0 Å². The Hall–Kier alpha value is -9.78. The molecule has 6 nitrogen and oxygen atoms in total. The molecule has 11 aromatic carbocycles. The molecule has 0 N–H and O–H groups in total. The van der Waals surface area contributed by atoms with Gasteiger partial charge in [0, 0.05) is 69.8 Å². The molecule has 0 aliphatic heterocycles. The summed E-state index contributed by atoms with van der Waals surface area (Å²) in [7, 11) is 0. The van der Waals surface area contributed by atoms with E-state index < -0.39 is 0 Å². The van der Waals surface area contributed by atoms with Gasteiger partial charge in [0.2, 0.25) is 0 Å². The zero-order valence-electron chi connectivity index (χ0n) is 39.5. The Morgan fingerprint density at radius 3 is 0.486 bits per heavy atom. The van der Waals surface area contributed by atoms with E-state index in [9.17, 15) is 0 Å². The van der Waals surface area contributed by atoms with Crippen LogP contribution in [0.5, 0.6) is 23.0 Å². The van der Waals surface area contributed by atoms with Crippen molar-refractivity contribution >= 4 is 68.2 Å². The second kappa shape index (κ2) is 21.2. The van der Waals surface area contributed by atoms with Crippen molar-refractivity contribution in [2.45, 2.75) is 0 Å². The maximum atomic E-state index is 6.88. The van der Waals surface area contributed by atoms with E-state index in [1.165, 1.54) is 0 Å². The molecule has 0 atom stereocenters. The van der Waals surface area contributed by atoms with E-state index >= 15 is 0 Å². The summed E-state index contributed by atoms with van der Waals surface area (Å²) < 4.78 is 13.8. The molecule has 346 valence electrons. The molecular formula is C66H50N4O2. The van der Waals surface area contributed by atoms with Crippen LogP contribution in [0.4, 0.5) is 68.2 Å². The Balaban J connectivity index is 0.986. The minimum absolute atomic E-state index is 0.662. The zero-order valence-corrected chi connectivity index (χ0v) is 39.5. The lowest BCUT2D eigenvalue weighted by molar-refractivity contribution is 0.469. The minimum atomic E-state index is 0.662. The Kier molecular flexibility index (Phi) is 13.2. The molecule has 0 radical (unpaired) electrons. The van der Waals surface area contributed by atoms with Crippen LogP contribution < -0.4 is 29.1 Å². The fraction of sp³-hybridized carbons (Fsp3) is 0. The highest BCUT2D eigenvalue weighted by Gasteiger charge is 2.22. The average molecular weight is 931 g/mol. The number of benzene rings is 11. The number of hydrogen-bond acceptors (Lipinski definition) is 6. The van der Waals surface area contributed by atoms with E-state index in [1.54, 1.807) is 0 Å². The van der Waals surface area contributed by atoms with Crippen molar-refractivity contribution in [3.05, 3.63) is 303 Å². The van der Waals surface area contributed by atoms with Crippen molar-refractivity contribution in [1.82, 2.24) is 0 Å². The van der Waals surface area contributed by atoms with Crippen molar-refractivity contribution in [2.75, 3.05) is 19.6 Å². The maximum absolute atomic E-state index is 6.88. The number of rotatable bonds is 16. The Morgan fingerprint density at radius 1 is 0.153 bits per heavy atom. The maximum Gasteiger partial charge on any atom is 0.131 e. The molecule has 0 bridgehead atoms. The molecule has 0 aliphatic carbocycles. The highest BCUT2D eigenvalue weighted by atomic mass is 16.5. The molecule has 0 fully saturated rings. The summed E-state index contributed by atoms with van der Waals surface area (Å²) in [5.41, 5.74) is 12.0. The van der Waals surface area contributed by atoms with Gasteiger partial charge >= 0.3 is 0 Å². The standard InChI is InChI=1S/C66H50N4O2/c1-9-25-51(26-10-1)67(52-27-11-2-12-28-52)59-45-60(68(53-29-13-3-14-30-53)54-31-15-4-16-32-54)48-65(47-59)71-63-41-43-64(44-42-63)72-66-49-61(69(55-33-17-5-18-34-55)56-35-19-6-20-36-56)46-62(50-66)70(57-37-21-7-22-38-57)58-39-23-8-24-40-58/h1-50H. The highest BCUT2D eigenvalue weighted by molar-refractivity contribution is 5.86. The normalized spacial score (nSPS) is 10.8. The van der Waals surface area contributed by atoms with Crippen LogP contribution in [-0.4, -0.2) is 0 Å². The van der Waals surface area contributed by atoms with E-state index in [2.05, 4.69) is 250 Å². The molecule has 11 rings (SSSR count). The average Bonchev–Trinajstić information content (AvgIpc) is 3.44. The highest BCUT2D eigenvalue weighted by Crippen LogP contribution is 2.46. The first-order valence-corrected chi connectivity index (χ1v) is 24.1. The third-order valence-electron chi connectivity index (χ3n) is 12.2. The van der Waals surface area contributed by atoms with Gasteiger partial charge in [-0.25, -0.2) is 0 Å². The summed E-state index contributed by atoms with van der Waals surface area (Å²) in [6, 6.07) is 104. The lowest BCUT2D eigenvalue weighted by Gasteiger charge is -2.30. The van der Waals surface area contributed by atoms with E-state index in [4.69, 9.17) is 9.47 Å². The molecule has 0 heterocycles. The summed E-state index contributed by atoms with van der Waals surface area (Å²) in [6.07, 6.45) is 0. The number of para-hydroxylation sites is 8. The molecule has 0 amide bonds. The molecule has 0 spiro atoms. The lowest BCUT2D eigenvalue weighted by atomic mass is 10.1. The van der Waals surface area contributed by atoms with Gasteiger partial charge in [0.05, 0.1) is 22.7 Å². The molecule has 0 unspecified atom stereocenters. The third-order valence-corrected chi connectivity index (χ3v) is 12.2.